The van der Waals surface area contributed by atoms with Crippen molar-refractivity contribution in [1.29, 1.82) is 0 Å². The molecule has 0 aliphatic rings. The summed E-state index contributed by atoms with van der Waals surface area (Å²) in [5, 5.41) is 8.64. The van der Waals surface area contributed by atoms with E-state index in [1.807, 2.05) is 76.4 Å². The van der Waals surface area contributed by atoms with Crippen molar-refractivity contribution in [2.24, 2.45) is 21.5 Å². The van der Waals surface area contributed by atoms with Gasteiger partial charge < -0.3 is 16.2 Å². The van der Waals surface area contributed by atoms with Crippen LogP contribution in [-0.2, 0) is 0 Å². The fourth-order valence-corrected chi connectivity index (χ4v) is 3.09. The summed E-state index contributed by atoms with van der Waals surface area (Å²) in [5.74, 6) is 1.64. The van der Waals surface area contributed by atoms with E-state index in [2.05, 4.69) is 20.3 Å². The van der Waals surface area contributed by atoms with E-state index in [1.165, 1.54) is 0 Å². The number of aliphatic imine (C=N–C) groups is 2. The minimum atomic E-state index is 0.102. The van der Waals surface area contributed by atoms with Crippen LogP contribution in [0.5, 0.6) is 5.75 Å². The number of nitrogens with two attached hydrogens (primary N) is 2. The number of benzene rings is 2. The lowest BCUT2D eigenvalue weighted by atomic mass is 10.1. The quantitative estimate of drug-likeness (QED) is 0.451. The van der Waals surface area contributed by atoms with E-state index in [0.29, 0.717) is 23.1 Å². The lowest BCUT2D eigenvalue weighted by Crippen LogP contribution is -2.16. The first-order valence-corrected chi connectivity index (χ1v) is 10.2. The molecule has 4 N–H and O–H groups in total. The predicted molar refractivity (Wildman–Crippen MR) is 125 cm³/mol. The van der Waals surface area contributed by atoms with Crippen molar-refractivity contribution < 1.29 is 4.74 Å². The summed E-state index contributed by atoms with van der Waals surface area (Å²) in [6.45, 7) is 7.94. The second-order valence-electron chi connectivity index (χ2n) is 7.73. The van der Waals surface area contributed by atoms with Gasteiger partial charge in [0.2, 0.25) is 0 Å². The molecule has 1 heterocycles. The lowest BCUT2D eigenvalue weighted by molar-refractivity contribution is 0.416. The van der Waals surface area contributed by atoms with Crippen LogP contribution in [0.4, 0.5) is 0 Å². The monoisotopic (exact) mass is 419 g/mol. The number of ether oxygens (including phenoxy) is 1. The zero-order valence-corrected chi connectivity index (χ0v) is 18.6. The van der Waals surface area contributed by atoms with E-state index in [1.54, 1.807) is 11.8 Å². The number of methoxy groups -OCH3 is 1. The Hall–Kier alpha value is -3.68. The highest BCUT2D eigenvalue weighted by molar-refractivity contribution is 5.99. The predicted octanol–water partition coefficient (Wildman–Crippen LogP) is 3.17. The van der Waals surface area contributed by atoms with E-state index in [9.17, 15) is 0 Å². The Morgan fingerprint density at radius 2 is 1.58 bits per heavy atom. The van der Waals surface area contributed by atoms with Crippen molar-refractivity contribution in [3.05, 3.63) is 59.8 Å². The number of hydrogen-bond acceptors (Lipinski definition) is 5. The molecule has 162 valence electrons. The summed E-state index contributed by atoms with van der Waals surface area (Å²) in [6, 6.07) is 13.6. The van der Waals surface area contributed by atoms with Crippen LogP contribution in [0.25, 0.3) is 16.9 Å². The van der Waals surface area contributed by atoms with Gasteiger partial charge in [-0.3, -0.25) is 9.98 Å². The van der Waals surface area contributed by atoms with Crippen LogP contribution in [-0.4, -0.2) is 45.9 Å². The summed E-state index contributed by atoms with van der Waals surface area (Å²) in [6.07, 6.45) is 1.84. The molecule has 2 aromatic carbocycles. The molecule has 0 unspecified atom stereocenters. The number of amidine groups is 2. The van der Waals surface area contributed by atoms with Crippen molar-refractivity contribution in [2.45, 2.75) is 39.8 Å². The highest BCUT2D eigenvalue weighted by Gasteiger charge is 2.14. The molecule has 0 fully saturated rings. The van der Waals surface area contributed by atoms with Crippen LogP contribution in [0.15, 0.2) is 58.6 Å². The minimum Gasteiger partial charge on any atom is -0.496 e. The molecule has 0 amide bonds. The van der Waals surface area contributed by atoms with Gasteiger partial charge in [0.15, 0.2) is 0 Å². The molecule has 31 heavy (non-hydrogen) atoms. The summed E-state index contributed by atoms with van der Waals surface area (Å²) < 4.78 is 7.22. The lowest BCUT2D eigenvalue weighted by Gasteiger charge is -2.09. The molecule has 3 rings (SSSR count). The summed E-state index contributed by atoms with van der Waals surface area (Å²) in [7, 11) is 1.62. The maximum atomic E-state index is 6.15. The highest BCUT2D eigenvalue weighted by Crippen LogP contribution is 2.30. The van der Waals surface area contributed by atoms with Crippen LogP contribution in [0.3, 0.4) is 0 Å². The zero-order chi connectivity index (χ0) is 22.5. The Morgan fingerprint density at radius 1 is 0.935 bits per heavy atom. The van der Waals surface area contributed by atoms with Crippen LogP contribution in [0.1, 0.15) is 38.8 Å². The van der Waals surface area contributed by atoms with E-state index in [0.717, 1.165) is 22.4 Å². The molecule has 0 aliphatic carbocycles. The smallest absolute Gasteiger partial charge is 0.128 e. The molecule has 0 bridgehead atoms. The van der Waals surface area contributed by atoms with Crippen LogP contribution in [0.2, 0.25) is 0 Å². The van der Waals surface area contributed by atoms with Crippen molar-refractivity contribution >= 4 is 11.7 Å². The van der Waals surface area contributed by atoms with Crippen molar-refractivity contribution in [3.8, 4) is 22.7 Å². The Bertz CT molecular complexity index is 1110. The van der Waals surface area contributed by atoms with Gasteiger partial charge in [0.05, 0.1) is 19.0 Å². The second-order valence-corrected chi connectivity index (χ2v) is 7.73. The summed E-state index contributed by atoms with van der Waals surface area (Å²) in [4.78, 5) is 8.84. The Kier molecular flexibility index (Phi) is 6.69. The molecule has 0 radical (unpaired) electrons. The normalized spacial score (nSPS) is 12.6. The Balaban J connectivity index is 1.99. The minimum absolute atomic E-state index is 0.102. The highest BCUT2D eigenvalue weighted by atomic mass is 16.5. The average molecular weight is 420 g/mol. The van der Waals surface area contributed by atoms with Gasteiger partial charge in [0, 0.05) is 28.8 Å². The topological polar surface area (TPSA) is 117 Å². The fourth-order valence-electron chi connectivity index (χ4n) is 3.09. The first-order valence-electron chi connectivity index (χ1n) is 10.2. The average Bonchev–Trinajstić information content (AvgIpc) is 3.22. The first-order chi connectivity index (χ1) is 14.8. The van der Waals surface area contributed by atoms with Gasteiger partial charge >= 0.3 is 0 Å². The van der Waals surface area contributed by atoms with Gasteiger partial charge in [-0.1, -0.05) is 17.3 Å². The molecular weight excluding hydrogens is 390 g/mol. The molecule has 0 atom stereocenters. The molecule has 8 heteroatoms. The third-order valence-electron chi connectivity index (χ3n) is 4.47. The number of rotatable bonds is 7. The molecular formula is C23H29N7O. The number of nitrogens with zero attached hydrogens (tertiary/aromatic N) is 5. The van der Waals surface area contributed by atoms with Crippen LogP contribution >= 0.6 is 0 Å². The van der Waals surface area contributed by atoms with Crippen LogP contribution < -0.4 is 16.2 Å². The Labute approximate surface area is 182 Å². The fraction of sp³-hybridized carbons (Fsp3) is 0.304. The standard InChI is InChI=1S/C23H29N7O/c1-14(2)26-22(24)16-7-6-8-18(11-16)30-13-20(28-29-30)19-12-17(9-10-21(19)31-5)23(25)27-15(3)4/h6-15H,1-5H3,(H2,24,26)(H2,25,27). The summed E-state index contributed by atoms with van der Waals surface area (Å²) in [5.41, 5.74) is 16.2. The van der Waals surface area contributed by atoms with Crippen molar-refractivity contribution in [1.82, 2.24) is 15.0 Å². The molecule has 8 nitrogen and oxygen atoms in total. The molecule has 0 aliphatic heterocycles. The summed E-state index contributed by atoms with van der Waals surface area (Å²) >= 11 is 0. The number of aromatic nitrogens is 3. The van der Waals surface area contributed by atoms with E-state index in [-0.39, 0.29) is 12.1 Å². The molecule has 0 saturated heterocycles. The molecule has 0 spiro atoms. The maximum absolute atomic E-state index is 6.15. The molecule has 1 aromatic heterocycles. The third kappa shape index (κ3) is 5.28. The number of hydrogen-bond donors (Lipinski definition) is 2. The van der Waals surface area contributed by atoms with Gasteiger partial charge in [-0.2, -0.15) is 0 Å². The van der Waals surface area contributed by atoms with Crippen molar-refractivity contribution in [2.75, 3.05) is 7.11 Å². The first kappa shape index (κ1) is 22.0. The third-order valence-corrected chi connectivity index (χ3v) is 4.47. The molecule has 3 aromatic rings. The van der Waals surface area contributed by atoms with E-state index < -0.39 is 0 Å². The zero-order valence-electron chi connectivity index (χ0n) is 18.6. The van der Waals surface area contributed by atoms with Gasteiger partial charge in [-0.25, -0.2) is 4.68 Å². The van der Waals surface area contributed by atoms with Crippen molar-refractivity contribution in [3.63, 3.8) is 0 Å². The van der Waals surface area contributed by atoms with Gasteiger partial charge in [0.1, 0.15) is 23.1 Å². The van der Waals surface area contributed by atoms with E-state index in [4.69, 9.17) is 16.2 Å². The van der Waals surface area contributed by atoms with Gasteiger partial charge in [0.25, 0.3) is 0 Å². The van der Waals surface area contributed by atoms with Gasteiger partial charge in [-0.05, 0) is 58.0 Å². The largest absolute Gasteiger partial charge is 0.496 e. The van der Waals surface area contributed by atoms with E-state index >= 15 is 0 Å². The molecule has 0 saturated carbocycles. The second kappa shape index (κ2) is 9.42. The maximum Gasteiger partial charge on any atom is 0.128 e. The van der Waals surface area contributed by atoms with Crippen LogP contribution in [0, 0.1) is 0 Å². The Morgan fingerprint density at radius 3 is 2.19 bits per heavy atom. The SMILES string of the molecule is COc1ccc(C(N)=NC(C)C)cc1-c1cn(-c2cccc(C(N)=NC(C)C)c2)nn1. The van der Waals surface area contributed by atoms with Gasteiger partial charge in [-0.15, -0.1) is 5.10 Å².